The lowest BCUT2D eigenvalue weighted by molar-refractivity contribution is -0.122. The van der Waals surface area contributed by atoms with Crippen molar-refractivity contribution in [2.45, 2.75) is 38.8 Å². The fourth-order valence-electron chi connectivity index (χ4n) is 3.34. The number of carbonyl (C=O) groups excluding carboxylic acids is 1. The average molecular weight is 384 g/mol. The third-order valence-electron chi connectivity index (χ3n) is 4.88. The quantitative estimate of drug-likeness (QED) is 0.729. The average Bonchev–Trinajstić information content (AvgIpc) is 3.33. The smallest absolute Gasteiger partial charge is 0.243 e. The number of nitrogens with zero attached hydrogens (tertiary/aromatic N) is 3. The zero-order valence-corrected chi connectivity index (χ0v) is 15.9. The summed E-state index contributed by atoms with van der Waals surface area (Å²) in [6.07, 6.45) is 4.56. The summed E-state index contributed by atoms with van der Waals surface area (Å²) < 4.78 is 14.1. The van der Waals surface area contributed by atoms with Gasteiger partial charge >= 0.3 is 0 Å². The van der Waals surface area contributed by atoms with E-state index in [0.29, 0.717) is 6.54 Å². The lowest BCUT2D eigenvalue weighted by atomic mass is 10.2. The van der Waals surface area contributed by atoms with Gasteiger partial charge in [-0.3, -0.25) is 4.79 Å². The fourth-order valence-corrected chi connectivity index (χ4v) is 4.41. The molecular formula is C20H21FN4OS. The highest BCUT2D eigenvalue weighted by Crippen LogP contribution is 2.33. The molecular weight excluding hydrogens is 363 g/mol. The number of anilines is 1. The molecule has 1 aromatic carbocycles. The standard InChI is InChI=1S/C20H21FN4OS/c1-2-13-10-17-18(22-11-13)24-20(27-17)25-9-3-4-16(25)19(26)23-12-14-5-7-15(21)8-6-14/h5-8,10-11,16H,2-4,9,12H2,1H3,(H,23,26). The van der Waals surface area contributed by atoms with Gasteiger partial charge in [-0.2, -0.15) is 4.98 Å². The van der Waals surface area contributed by atoms with Gasteiger partial charge in [-0.25, -0.2) is 9.37 Å². The maximum atomic E-state index is 13.0. The van der Waals surface area contributed by atoms with E-state index < -0.39 is 0 Å². The van der Waals surface area contributed by atoms with Crippen molar-refractivity contribution in [2.75, 3.05) is 11.4 Å². The van der Waals surface area contributed by atoms with E-state index in [2.05, 4.69) is 33.2 Å². The van der Waals surface area contributed by atoms with Crippen LogP contribution < -0.4 is 10.2 Å². The number of halogens is 1. The summed E-state index contributed by atoms with van der Waals surface area (Å²) in [6.45, 7) is 3.31. The molecule has 2 aromatic heterocycles. The Morgan fingerprint density at radius 2 is 2.15 bits per heavy atom. The number of carbonyl (C=O) groups is 1. The number of aromatic nitrogens is 2. The van der Waals surface area contributed by atoms with E-state index >= 15 is 0 Å². The molecule has 0 radical (unpaired) electrons. The van der Waals surface area contributed by atoms with Gasteiger partial charge in [-0.15, -0.1) is 0 Å². The number of aryl methyl sites for hydroxylation is 1. The summed E-state index contributed by atoms with van der Waals surface area (Å²) in [6, 6.07) is 8.09. The molecule has 140 valence electrons. The number of hydrogen-bond acceptors (Lipinski definition) is 5. The monoisotopic (exact) mass is 384 g/mol. The molecule has 1 aliphatic heterocycles. The second-order valence-corrected chi connectivity index (χ2v) is 7.72. The van der Waals surface area contributed by atoms with Gasteiger partial charge in [0.2, 0.25) is 5.91 Å². The van der Waals surface area contributed by atoms with Gasteiger partial charge in [0.15, 0.2) is 10.8 Å². The molecule has 1 unspecified atom stereocenters. The molecule has 0 bridgehead atoms. The molecule has 7 heteroatoms. The van der Waals surface area contributed by atoms with E-state index in [1.807, 2.05) is 6.20 Å². The summed E-state index contributed by atoms with van der Waals surface area (Å²) in [5, 5.41) is 3.82. The van der Waals surface area contributed by atoms with Gasteiger partial charge in [-0.1, -0.05) is 30.4 Å². The van der Waals surface area contributed by atoms with Crippen molar-refractivity contribution >= 4 is 32.7 Å². The predicted molar refractivity (Wildman–Crippen MR) is 105 cm³/mol. The highest BCUT2D eigenvalue weighted by molar-refractivity contribution is 7.22. The zero-order chi connectivity index (χ0) is 18.8. The van der Waals surface area contributed by atoms with Crippen LogP contribution in [0.5, 0.6) is 0 Å². The van der Waals surface area contributed by atoms with Crippen molar-refractivity contribution in [2.24, 2.45) is 0 Å². The van der Waals surface area contributed by atoms with Gasteiger partial charge in [-0.05, 0) is 48.6 Å². The van der Waals surface area contributed by atoms with Crippen LogP contribution in [-0.2, 0) is 17.8 Å². The van der Waals surface area contributed by atoms with Crippen molar-refractivity contribution in [1.29, 1.82) is 0 Å². The molecule has 27 heavy (non-hydrogen) atoms. The summed E-state index contributed by atoms with van der Waals surface area (Å²) >= 11 is 1.59. The molecule has 0 aliphatic carbocycles. The van der Waals surface area contributed by atoms with Crippen molar-refractivity contribution in [3.05, 3.63) is 53.5 Å². The number of rotatable bonds is 5. The number of hydrogen-bond donors (Lipinski definition) is 1. The summed E-state index contributed by atoms with van der Waals surface area (Å²) in [5.41, 5.74) is 2.81. The molecule has 1 aliphatic rings. The number of fused-ring (bicyclic) bond motifs is 1. The Morgan fingerprint density at radius 1 is 1.33 bits per heavy atom. The Labute approximate surface area is 161 Å². The van der Waals surface area contributed by atoms with Gasteiger partial charge in [0.25, 0.3) is 0 Å². The minimum Gasteiger partial charge on any atom is -0.350 e. The van der Waals surface area contributed by atoms with Crippen molar-refractivity contribution in [3.63, 3.8) is 0 Å². The molecule has 0 saturated carbocycles. The van der Waals surface area contributed by atoms with E-state index in [-0.39, 0.29) is 17.8 Å². The van der Waals surface area contributed by atoms with E-state index in [9.17, 15) is 9.18 Å². The highest BCUT2D eigenvalue weighted by atomic mass is 32.1. The second-order valence-electron chi connectivity index (χ2n) is 6.71. The minimum absolute atomic E-state index is 0.0155. The fraction of sp³-hybridized carbons (Fsp3) is 0.350. The largest absolute Gasteiger partial charge is 0.350 e. The number of pyridine rings is 1. The van der Waals surface area contributed by atoms with Crippen LogP contribution in [0.3, 0.4) is 0 Å². The van der Waals surface area contributed by atoms with Gasteiger partial charge in [0.05, 0.1) is 4.70 Å². The number of amides is 1. The summed E-state index contributed by atoms with van der Waals surface area (Å²) in [5.74, 6) is -0.291. The van der Waals surface area contributed by atoms with Crippen molar-refractivity contribution in [3.8, 4) is 0 Å². The predicted octanol–water partition coefficient (Wildman–Crippen LogP) is 3.68. The SMILES string of the molecule is CCc1cnc2nc(N3CCCC3C(=O)NCc3ccc(F)cc3)sc2c1. The molecule has 3 aromatic rings. The first-order valence-electron chi connectivity index (χ1n) is 9.18. The maximum absolute atomic E-state index is 13.0. The molecule has 1 fully saturated rings. The van der Waals surface area contributed by atoms with E-state index in [1.54, 1.807) is 23.5 Å². The molecule has 3 heterocycles. The number of benzene rings is 1. The second kappa shape index (κ2) is 7.60. The third-order valence-corrected chi connectivity index (χ3v) is 5.91. The Balaban J connectivity index is 1.48. The number of nitrogens with one attached hydrogen (secondary N) is 1. The van der Waals surface area contributed by atoms with Crippen LogP contribution in [0, 0.1) is 5.82 Å². The van der Waals surface area contributed by atoms with Crippen LogP contribution in [0.2, 0.25) is 0 Å². The summed E-state index contributed by atoms with van der Waals surface area (Å²) in [4.78, 5) is 23.9. The Morgan fingerprint density at radius 3 is 2.93 bits per heavy atom. The molecule has 4 rings (SSSR count). The highest BCUT2D eigenvalue weighted by Gasteiger charge is 2.32. The normalized spacial score (nSPS) is 16.8. The first kappa shape index (κ1) is 17.9. The first-order chi connectivity index (χ1) is 13.1. The van der Waals surface area contributed by atoms with Crippen molar-refractivity contribution in [1.82, 2.24) is 15.3 Å². The van der Waals surface area contributed by atoms with Crippen LogP contribution in [0.15, 0.2) is 36.5 Å². The minimum atomic E-state index is -0.275. The van der Waals surface area contributed by atoms with Crippen molar-refractivity contribution < 1.29 is 9.18 Å². The lowest BCUT2D eigenvalue weighted by Gasteiger charge is -2.23. The molecule has 1 atom stereocenters. The van der Waals surface area contributed by atoms with Crippen LogP contribution in [0.4, 0.5) is 9.52 Å². The van der Waals surface area contributed by atoms with Gasteiger partial charge < -0.3 is 10.2 Å². The summed E-state index contributed by atoms with van der Waals surface area (Å²) in [7, 11) is 0. The molecule has 1 amide bonds. The lowest BCUT2D eigenvalue weighted by Crippen LogP contribution is -2.43. The topological polar surface area (TPSA) is 58.1 Å². The first-order valence-corrected chi connectivity index (χ1v) is 10.00. The van der Waals surface area contributed by atoms with Crippen LogP contribution in [-0.4, -0.2) is 28.5 Å². The molecule has 1 N–H and O–H groups in total. The maximum Gasteiger partial charge on any atom is 0.243 e. The zero-order valence-electron chi connectivity index (χ0n) is 15.1. The number of thiazole rings is 1. The van der Waals surface area contributed by atoms with Gasteiger partial charge in [0.1, 0.15) is 11.9 Å². The van der Waals surface area contributed by atoms with Crippen LogP contribution in [0.1, 0.15) is 30.9 Å². The van der Waals surface area contributed by atoms with E-state index in [4.69, 9.17) is 0 Å². The van der Waals surface area contributed by atoms with E-state index in [1.165, 1.54) is 17.7 Å². The molecule has 5 nitrogen and oxygen atoms in total. The Hall–Kier alpha value is -2.54. The Bertz CT molecular complexity index is 956. The molecule has 1 saturated heterocycles. The molecule has 0 spiro atoms. The van der Waals surface area contributed by atoms with Gasteiger partial charge in [0, 0.05) is 19.3 Å². The van der Waals surface area contributed by atoms with E-state index in [0.717, 1.165) is 46.8 Å². The Kier molecular flexibility index (Phi) is 5.03. The van der Waals surface area contributed by atoms with Crippen LogP contribution >= 0.6 is 11.3 Å². The third kappa shape index (κ3) is 3.78. The van der Waals surface area contributed by atoms with Crippen LogP contribution in [0.25, 0.3) is 10.3 Å².